The van der Waals surface area contributed by atoms with Crippen molar-refractivity contribution >= 4 is 16.7 Å². The highest BCUT2D eigenvalue weighted by molar-refractivity contribution is 5.88. The van der Waals surface area contributed by atoms with E-state index in [0.717, 1.165) is 12.0 Å². The first-order chi connectivity index (χ1) is 8.21. The summed E-state index contributed by atoms with van der Waals surface area (Å²) in [7, 11) is 3.36. The van der Waals surface area contributed by atoms with Crippen LogP contribution >= 0.6 is 0 Å². The molecule has 1 N–H and O–H groups in total. The van der Waals surface area contributed by atoms with E-state index in [4.69, 9.17) is 4.74 Å². The molecule has 1 aromatic carbocycles. The predicted octanol–water partition coefficient (Wildman–Crippen LogP) is 2.99. The zero-order valence-corrected chi connectivity index (χ0v) is 10.2. The van der Waals surface area contributed by atoms with Crippen molar-refractivity contribution in [2.75, 3.05) is 19.5 Å². The number of fused-ring (bicyclic) bond motifs is 1. The van der Waals surface area contributed by atoms with Gasteiger partial charge in [-0.1, -0.05) is 6.92 Å². The number of aromatic nitrogens is 1. The van der Waals surface area contributed by atoms with Crippen molar-refractivity contribution in [2.24, 2.45) is 0 Å². The Morgan fingerprint density at radius 3 is 2.76 bits per heavy atom. The van der Waals surface area contributed by atoms with E-state index in [1.807, 2.05) is 13.0 Å². The second-order valence-electron chi connectivity index (χ2n) is 3.75. The molecule has 2 aromatic rings. The third-order valence-corrected chi connectivity index (χ3v) is 2.81. The van der Waals surface area contributed by atoms with Crippen LogP contribution in [0.15, 0.2) is 18.2 Å². The van der Waals surface area contributed by atoms with Crippen LogP contribution in [0.3, 0.4) is 0 Å². The Bertz CT molecular complexity index is 555. The average Bonchev–Trinajstić information content (AvgIpc) is 2.38. The van der Waals surface area contributed by atoms with Crippen LogP contribution in [0.1, 0.15) is 12.5 Å². The van der Waals surface area contributed by atoms with Crippen LogP contribution < -0.4 is 10.1 Å². The van der Waals surface area contributed by atoms with Gasteiger partial charge in [-0.25, -0.2) is 9.37 Å². The lowest BCUT2D eigenvalue weighted by atomic mass is 10.1. The van der Waals surface area contributed by atoms with E-state index in [0.29, 0.717) is 22.5 Å². The molecule has 1 heterocycles. The molecule has 0 saturated carbocycles. The number of nitrogens with zero attached hydrogens (tertiary/aromatic N) is 1. The molecule has 0 aliphatic rings. The van der Waals surface area contributed by atoms with Crippen LogP contribution in [0.4, 0.5) is 10.2 Å². The monoisotopic (exact) mass is 234 g/mol. The third-order valence-electron chi connectivity index (χ3n) is 2.81. The first kappa shape index (κ1) is 11.6. The molecule has 0 fully saturated rings. The third kappa shape index (κ3) is 1.90. The summed E-state index contributed by atoms with van der Waals surface area (Å²) >= 11 is 0. The fraction of sp³-hybridized carbons (Fsp3) is 0.308. The molecule has 0 atom stereocenters. The Kier molecular flexibility index (Phi) is 3.13. The van der Waals surface area contributed by atoms with Crippen LogP contribution in [0.5, 0.6) is 5.75 Å². The Morgan fingerprint density at radius 1 is 1.41 bits per heavy atom. The maximum Gasteiger partial charge on any atom is 0.149 e. The second kappa shape index (κ2) is 4.57. The molecule has 0 bridgehead atoms. The summed E-state index contributed by atoms with van der Waals surface area (Å²) in [6.07, 6.45) is 0.832. The van der Waals surface area contributed by atoms with Crippen LogP contribution in [-0.2, 0) is 6.42 Å². The molecular formula is C13H15FN2O. The highest BCUT2D eigenvalue weighted by Gasteiger charge is 2.11. The van der Waals surface area contributed by atoms with Crippen LogP contribution in [-0.4, -0.2) is 19.1 Å². The van der Waals surface area contributed by atoms with Gasteiger partial charge in [0.25, 0.3) is 0 Å². The molecule has 0 radical (unpaired) electrons. The summed E-state index contributed by atoms with van der Waals surface area (Å²) in [5.41, 5.74) is 1.38. The average molecular weight is 234 g/mol. The van der Waals surface area contributed by atoms with Crippen LogP contribution in [0.25, 0.3) is 10.9 Å². The highest BCUT2D eigenvalue weighted by Crippen LogP contribution is 2.30. The summed E-state index contributed by atoms with van der Waals surface area (Å²) in [5.74, 6) is 1.03. The van der Waals surface area contributed by atoms with Gasteiger partial charge in [-0.15, -0.1) is 0 Å². The summed E-state index contributed by atoms with van der Waals surface area (Å²) < 4.78 is 18.9. The molecule has 0 amide bonds. The first-order valence-corrected chi connectivity index (χ1v) is 5.55. The maximum atomic E-state index is 13.7. The minimum atomic E-state index is -0.333. The number of halogens is 1. The van der Waals surface area contributed by atoms with E-state index in [9.17, 15) is 4.39 Å². The lowest BCUT2D eigenvalue weighted by Gasteiger charge is -2.11. The van der Waals surface area contributed by atoms with Gasteiger partial charge in [-0.05, 0) is 30.2 Å². The number of ether oxygens (including phenoxy) is 1. The van der Waals surface area contributed by atoms with Crippen molar-refractivity contribution in [2.45, 2.75) is 13.3 Å². The van der Waals surface area contributed by atoms with E-state index < -0.39 is 0 Å². The minimum Gasteiger partial charge on any atom is -0.496 e. The number of nitrogens with one attached hydrogen (secondary N) is 1. The van der Waals surface area contributed by atoms with E-state index >= 15 is 0 Å². The Balaban J connectivity index is 2.80. The van der Waals surface area contributed by atoms with Gasteiger partial charge in [-0.2, -0.15) is 0 Å². The predicted molar refractivity (Wildman–Crippen MR) is 67.2 cm³/mol. The topological polar surface area (TPSA) is 34.1 Å². The standard InChI is InChI=1S/C13H15FN2O/c1-4-8-7-9-11(17-3)6-5-10(14)12(9)16-13(8)15-2/h5-7H,4H2,1-3H3,(H,15,16). The maximum absolute atomic E-state index is 13.7. The molecular weight excluding hydrogens is 219 g/mol. The molecule has 17 heavy (non-hydrogen) atoms. The highest BCUT2D eigenvalue weighted by atomic mass is 19.1. The lowest BCUT2D eigenvalue weighted by Crippen LogP contribution is -2.00. The van der Waals surface area contributed by atoms with Crippen LogP contribution in [0.2, 0.25) is 0 Å². The lowest BCUT2D eigenvalue weighted by molar-refractivity contribution is 0.419. The summed E-state index contributed by atoms with van der Waals surface area (Å²) in [6, 6.07) is 4.92. The number of rotatable bonds is 3. The molecule has 3 nitrogen and oxygen atoms in total. The number of benzene rings is 1. The number of pyridine rings is 1. The second-order valence-corrected chi connectivity index (χ2v) is 3.75. The quantitative estimate of drug-likeness (QED) is 0.886. The normalized spacial score (nSPS) is 10.6. The van der Waals surface area contributed by atoms with E-state index in [1.54, 1.807) is 20.2 Å². The van der Waals surface area contributed by atoms with Crippen molar-refractivity contribution < 1.29 is 9.13 Å². The van der Waals surface area contributed by atoms with Crippen molar-refractivity contribution in [3.63, 3.8) is 0 Å². The largest absolute Gasteiger partial charge is 0.496 e. The Morgan fingerprint density at radius 2 is 2.18 bits per heavy atom. The van der Waals surface area contributed by atoms with Gasteiger partial charge in [0.05, 0.1) is 7.11 Å². The molecule has 0 unspecified atom stereocenters. The van der Waals surface area contributed by atoms with E-state index in [-0.39, 0.29) is 5.82 Å². The summed E-state index contributed by atoms with van der Waals surface area (Å²) in [6.45, 7) is 2.04. The van der Waals surface area contributed by atoms with Crippen molar-refractivity contribution in [3.8, 4) is 5.75 Å². The molecule has 90 valence electrons. The fourth-order valence-electron chi connectivity index (χ4n) is 1.91. The van der Waals surface area contributed by atoms with Gasteiger partial charge < -0.3 is 10.1 Å². The SMILES string of the molecule is CCc1cc2c(OC)ccc(F)c2nc1NC. The van der Waals surface area contributed by atoms with Crippen molar-refractivity contribution in [1.29, 1.82) is 0 Å². The van der Waals surface area contributed by atoms with Gasteiger partial charge in [0.2, 0.25) is 0 Å². The van der Waals surface area contributed by atoms with Crippen LogP contribution in [0, 0.1) is 5.82 Å². The number of methoxy groups -OCH3 is 1. The van der Waals surface area contributed by atoms with Gasteiger partial charge in [-0.3, -0.25) is 0 Å². The summed E-state index contributed by atoms with van der Waals surface area (Å²) in [4.78, 5) is 4.31. The van der Waals surface area contributed by atoms with Gasteiger partial charge in [0.15, 0.2) is 0 Å². The molecule has 1 aromatic heterocycles. The van der Waals surface area contributed by atoms with Crippen molar-refractivity contribution in [1.82, 2.24) is 4.98 Å². The molecule has 2 rings (SSSR count). The number of hydrogen-bond donors (Lipinski definition) is 1. The van der Waals surface area contributed by atoms with Crippen molar-refractivity contribution in [3.05, 3.63) is 29.6 Å². The van der Waals surface area contributed by atoms with Gasteiger partial charge >= 0.3 is 0 Å². The van der Waals surface area contributed by atoms with Gasteiger partial charge in [0, 0.05) is 12.4 Å². The van der Waals surface area contributed by atoms with E-state index in [1.165, 1.54) is 6.07 Å². The Labute approximate surface area is 99.6 Å². The number of aryl methyl sites for hydroxylation is 1. The molecule has 0 aliphatic carbocycles. The molecule has 4 heteroatoms. The Hall–Kier alpha value is -1.84. The minimum absolute atomic E-state index is 0.333. The van der Waals surface area contributed by atoms with Gasteiger partial charge in [0.1, 0.15) is 22.9 Å². The zero-order valence-electron chi connectivity index (χ0n) is 10.2. The zero-order chi connectivity index (χ0) is 12.4. The molecule has 0 saturated heterocycles. The number of hydrogen-bond acceptors (Lipinski definition) is 3. The molecule has 0 spiro atoms. The van der Waals surface area contributed by atoms with E-state index in [2.05, 4.69) is 10.3 Å². The first-order valence-electron chi connectivity index (χ1n) is 5.55. The molecule has 0 aliphatic heterocycles. The number of anilines is 1. The smallest absolute Gasteiger partial charge is 0.149 e. The fourth-order valence-corrected chi connectivity index (χ4v) is 1.91. The summed E-state index contributed by atoms with van der Waals surface area (Å²) in [5, 5.41) is 3.70.